The monoisotopic (exact) mass is 416 g/mol. The minimum atomic E-state index is -0.877. The minimum absolute atomic E-state index is 0.283. The van der Waals surface area contributed by atoms with E-state index in [-0.39, 0.29) is 6.54 Å². The van der Waals surface area contributed by atoms with E-state index in [4.69, 9.17) is 4.98 Å². The normalized spacial score (nSPS) is 11.2. The molecule has 5 rings (SSSR count). The van der Waals surface area contributed by atoms with Crippen LogP contribution < -0.4 is 5.32 Å². The SMILES string of the molecule is Cc1cccc(-c2[nH]c(NCc3ccc(F)c(F)c3)nc2-c2ccc3[nH]ncc3c2)n1. The molecule has 0 unspecified atom stereocenters. The molecule has 154 valence electrons. The van der Waals surface area contributed by atoms with E-state index >= 15 is 0 Å². The molecule has 0 fully saturated rings. The molecule has 3 N–H and O–H groups in total. The maximum absolute atomic E-state index is 13.5. The zero-order chi connectivity index (χ0) is 21.4. The van der Waals surface area contributed by atoms with Crippen molar-refractivity contribution >= 4 is 16.9 Å². The van der Waals surface area contributed by atoms with E-state index in [2.05, 4.69) is 25.5 Å². The number of fused-ring (bicyclic) bond motifs is 1. The molecule has 0 amide bonds. The molecule has 6 nitrogen and oxygen atoms in total. The fourth-order valence-corrected chi connectivity index (χ4v) is 3.46. The van der Waals surface area contributed by atoms with Crippen LogP contribution in [0.4, 0.5) is 14.7 Å². The van der Waals surface area contributed by atoms with Crippen molar-refractivity contribution in [2.75, 3.05) is 5.32 Å². The van der Waals surface area contributed by atoms with Crippen molar-refractivity contribution in [3.05, 3.63) is 83.7 Å². The van der Waals surface area contributed by atoms with Gasteiger partial charge in [-0.1, -0.05) is 18.2 Å². The highest BCUT2D eigenvalue weighted by Gasteiger charge is 2.16. The van der Waals surface area contributed by atoms with Gasteiger partial charge >= 0.3 is 0 Å². The van der Waals surface area contributed by atoms with E-state index < -0.39 is 11.6 Å². The number of aromatic nitrogens is 5. The summed E-state index contributed by atoms with van der Waals surface area (Å²) in [4.78, 5) is 12.6. The number of anilines is 1. The van der Waals surface area contributed by atoms with Gasteiger partial charge in [0.05, 0.1) is 28.8 Å². The number of hydrogen-bond acceptors (Lipinski definition) is 4. The van der Waals surface area contributed by atoms with Crippen molar-refractivity contribution in [3.8, 4) is 22.6 Å². The number of pyridine rings is 1. The molecule has 0 aliphatic heterocycles. The maximum Gasteiger partial charge on any atom is 0.201 e. The van der Waals surface area contributed by atoms with Crippen LogP contribution in [0, 0.1) is 18.6 Å². The second-order valence-electron chi connectivity index (χ2n) is 7.25. The van der Waals surface area contributed by atoms with Gasteiger partial charge in [0.2, 0.25) is 5.95 Å². The Hall–Kier alpha value is -4.07. The molecule has 3 heterocycles. The highest BCUT2D eigenvalue weighted by atomic mass is 19.2. The van der Waals surface area contributed by atoms with Gasteiger partial charge in [-0.3, -0.25) is 10.1 Å². The van der Waals surface area contributed by atoms with Crippen LogP contribution in [0.15, 0.2) is 60.8 Å². The molecule has 0 saturated carbocycles. The smallest absolute Gasteiger partial charge is 0.201 e. The summed E-state index contributed by atoms with van der Waals surface area (Å²) in [7, 11) is 0. The first-order valence-electron chi connectivity index (χ1n) is 9.72. The molecule has 0 aliphatic carbocycles. The van der Waals surface area contributed by atoms with Gasteiger partial charge in [-0.05, 0) is 48.9 Å². The van der Waals surface area contributed by atoms with E-state index in [0.717, 1.165) is 45.3 Å². The third-order valence-electron chi connectivity index (χ3n) is 5.01. The van der Waals surface area contributed by atoms with Crippen molar-refractivity contribution in [1.82, 2.24) is 25.1 Å². The Morgan fingerprint density at radius 3 is 2.71 bits per heavy atom. The molecule has 0 aliphatic rings. The topological polar surface area (TPSA) is 82.3 Å². The van der Waals surface area contributed by atoms with Crippen molar-refractivity contribution in [1.29, 1.82) is 0 Å². The van der Waals surface area contributed by atoms with E-state index in [1.807, 2.05) is 43.3 Å². The summed E-state index contributed by atoms with van der Waals surface area (Å²) < 4.78 is 26.7. The predicted octanol–water partition coefficient (Wildman–Crippen LogP) is 5.21. The molecule has 3 aromatic heterocycles. The fourth-order valence-electron chi connectivity index (χ4n) is 3.46. The number of aryl methyl sites for hydroxylation is 1. The van der Waals surface area contributed by atoms with E-state index in [1.54, 1.807) is 6.20 Å². The van der Waals surface area contributed by atoms with Crippen LogP contribution in [-0.4, -0.2) is 25.1 Å². The first-order chi connectivity index (χ1) is 15.1. The lowest BCUT2D eigenvalue weighted by molar-refractivity contribution is 0.507. The number of benzene rings is 2. The number of hydrogen-bond donors (Lipinski definition) is 3. The average Bonchev–Trinajstić information content (AvgIpc) is 3.41. The number of H-pyrrole nitrogens is 2. The summed E-state index contributed by atoms with van der Waals surface area (Å²) in [5, 5.41) is 11.1. The highest BCUT2D eigenvalue weighted by Crippen LogP contribution is 2.32. The van der Waals surface area contributed by atoms with Crippen LogP contribution in [-0.2, 0) is 6.54 Å². The summed E-state index contributed by atoms with van der Waals surface area (Å²) in [6, 6.07) is 15.5. The molecule has 0 atom stereocenters. The summed E-state index contributed by atoms with van der Waals surface area (Å²) in [6.07, 6.45) is 1.76. The Balaban J connectivity index is 1.53. The largest absolute Gasteiger partial charge is 0.352 e. The first kappa shape index (κ1) is 18.9. The number of aromatic amines is 2. The van der Waals surface area contributed by atoms with Crippen LogP contribution in [0.25, 0.3) is 33.5 Å². The van der Waals surface area contributed by atoms with E-state index in [1.165, 1.54) is 12.1 Å². The second kappa shape index (κ2) is 7.64. The first-order valence-corrected chi connectivity index (χ1v) is 9.72. The standard InChI is InChI=1S/C23H18F2N6/c1-13-3-2-4-20(28-13)22-21(15-6-8-19-16(10-15)12-27-31-19)29-23(30-22)26-11-14-5-7-17(24)18(25)9-14/h2-10,12H,11H2,1H3,(H,27,31)(H2,26,29,30). The summed E-state index contributed by atoms with van der Waals surface area (Å²) in [5.74, 6) is -1.24. The molecule has 0 spiro atoms. The lowest BCUT2D eigenvalue weighted by Gasteiger charge is -2.04. The minimum Gasteiger partial charge on any atom is -0.352 e. The summed E-state index contributed by atoms with van der Waals surface area (Å²) >= 11 is 0. The third kappa shape index (κ3) is 3.75. The summed E-state index contributed by atoms with van der Waals surface area (Å²) in [6.45, 7) is 2.21. The van der Waals surface area contributed by atoms with Crippen molar-refractivity contribution in [3.63, 3.8) is 0 Å². The van der Waals surface area contributed by atoms with Gasteiger partial charge in [0.25, 0.3) is 0 Å². The van der Waals surface area contributed by atoms with E-state index in [9.17, 15) is 8.78 Å². The molecule has 0 saturated heterocycles. The van der Waals surface area contributed by atoms with Gasteiger partial charge in [-0.25, -0.2) is 13.8 Å². The predicted molar refractivity (Wildman–Crippen MR) is 115 cm³/mol. The number of nitrogens with zero attached hydrogens (tertiary/aromatic N) is 3. The second-order valence-corrected chi connectivity index (χ2v) is 7.25. The van der Waals surface area contributed by atoms with Crippen LogP contribution in [0.2, 0.25) is 0 Å². The van der Waals surface area contributed by atoms with Gasteiger partial charge in [-0.15, -0.1) is 0 Å². The average molecular weight is 416 g/mol. The molecular weight excluding hydrogens is 398 g/mol. The number of nitrogens with one attached hydrogen (secondary N) is 3. The Morgan fingerprint density at radius 2 is 1.87 bits per heavy atom. The highest BCUT2D eigenvalue weighted by molar-refractivity contribution is 5.87. The molecule has 0 radical (unpaired) electrons. The van der Waals surface area contributed by atoms with Gasteiger partial charge in [0.1, 0.15) is 0 Å². The van der Waals surface area contributed by atoms with Crippen LogP contribution >= 0.6 is 0 Å². The van der Waals surface area contributed by atoms with Crippen LogP contribution in [0.1, 0.15) is 11.3 Å². The quantitative estimate of drug-likeness (QED) is 0.367. The van der Waals surface area contributed by atoms with Gasteiger partial charge in [0, 0.05) is 23.2 Å². The fraction of sp³-hybridized carbons (Fsp3) is 0.0870. The van der Waals surface area contributed by atoms with Gasteiger partial charge < -0.3 is 10.3 Å². The van der Waals surface area contributed by atoms with Crippen molar-refractivity contribution in [2.24, 2.45) is 0 Å². The zero-order valence-corrected chi connectivity index (χ0v) is 16.6. The maximum atomic E-state index is 13.5. The Kier molecular flexibility index (Phi) is 4.66. The Bertz CT molecular complexity index is 1390. The Morgan fingerprint density at radius 1 is 0.968 bits per heavy atom. The molecule has 31 heavy (non-hydrogen) atoms. The number of halogens is 2. The van der Waals surface area contributed by atoms with Crippen molar-refractivity contribution in [2.45, 2.75) is 13.5 Å². The van der Waals surface area contributed by atoms with Crippen LogP contribution in [0.5, 0.6) is 0 Å². The summed E-state index contributed by atoms with van der Waals surface area (Å²) in [5.41, 5.74) is 5.59. The van der Waals surface area contributed by atoms with Crippen molar-refractivity contribution < 1.29 is 8.78 Å². The van der Waals surface area contributed by atoms with Gasteiger partial charge in [0.15, 0.2) is 11.6 Å². The molecule has 8 heteroatoms. The molecular formula is C23H18F2N6. The lowest BCUT2D eigenvalue weighted by atomic mass is 10.1. The Labute approximate surface area is 176 Å². The third-order valence-corrected chi connectivity index (χ3v) is 5.01. The zero-order valence-electron chi connectivity index (χ0n) is 16.6. The number of rotatable bonds is 5. The van der Waals surface area contributed by atoms with Crippen LogP contribution in [0.3, 0.4) is 0 Å². The van der Waals surface area contributed by atoms with Gasteiger partial charge in [-0.2, -0.15) is 5.10 Å². The molecule has 5 aromatic rings. The molecule has 2 aromatic carbocycles. The van der Waals surface area contributed by atoms with E-state index in [0.29, 0.717) is 11.5 Å². The lowest BCUT2D eigenvalue weighted by Crippen LogP contribution is -2.02. The number of imidazole rings is 1. The molecule has 0 bridgehead atoms.